The molecule has 0 saturated carbocycles. The van der Waals surface area contributed by atoms with Crippen LogP contribution in [-0.4, -0.2) is 4.98 Å². The minimum Gasteiger partial charge on any atom is -0.320 e. The van der Waals surface area contributed by atoms with Crippen LogP contribution in [0.2, 0.25) is 0 Å². The van der Waals surface area contributed by atoms with Crippen molar-refractivity contribution in [2.24, 2.45) is 5.73 Å². The first-order chi connectivity index (χ1) is 8.59. The lowest BCUT2D eigenvalue weighted by Gasteiger charge is -2.15. The molecule has 1 heterocycles. The summed E-state index contributed by atoms with van der Waals surface area (Å²) in [6.07, 6.45) is 3.66. The fourth-order valence-corrected chi connectivity index (χ4v) is 2.10. The van der Waals surface area contributed by atoms with Crippen molar-refractivity contribution >= 4 is 0 Å². The highest BCUT2D eigenvalue weighted by atomic mass is 14.7. The van der Waals surface area contributed by atoms with E-state index in [0.29, 0.717) is 5.92 Å². The molecule has 0 aliphatic rings. The maximum absolute atomic E-state index is 6.32. The Bertz CT molecular complexity index is 515. The minimum atomic E-state index is -0.0748. The summed E-state index contributed by atoms with van der Waals surface area (Å²) in [5, 5.41) is 0. The number of rotatable bonds is 3. The second-order valence-electron chi connectivity index (χ2n) is 5.03. The van der Waals surface area contributed by atoms with Crippen LogP contribution in [0.1, 0.15) is 48.1 Å². The number of nitrogens with zero attached hydrogens (tertiary/aromatic N) is 1. The fraction of sp³-hybridized carbons (Fsp3) is 0.312. The van der Waals surface area contributed by atoms with Crippen molar-refractivity contribution in [3.8, 4) is 0 Å². The molecule has 2 heteroatoms. The smallest absolute Gasteiger partial charge is 0.0555 e. The Kier molecular flexibility index (Phi) is 3.78. The van der Waals surface area contributed by atoms with Gasteiger partial charge in [-0.2, -0.15) is 0 Å². The zero-order valence-electron chi connectivity index (χ0n) is 11.2. The number of hydrogen-bond acceptors (Lipinski definition) is 2. The maximum atomic E-state index is 6.32. The Morgan fingerprint density at radius 3 is 2.17 bits per heavy atom. The largest absolute Gasteiger partial charge is 0.320 e. The molecule has 2 aromatic rings. The van der Waals surface area contributed by atoms with Crippen LogP contribution in [0.3, 0.4) is 0 Å². The van der Waals surface area contributed by atoms with Gasteiger partial charge < -0.3 is 5.73 Å². The molecule has 2 nitrogen and oxygen atoms in total. The Hall–Kier alpha value is -1.67. The standard InChI is InChI=1S/C16H20N2/c1-11(2)13-4-6-14(7-5-13)16(17)15-8-9-18-10-12(15)3/h4-11,16H,17H2,1-3H3. The van der Waals surface area contributed by atoms with E-state index in [4.69, 9.17) is 5.73 Å². The monoisotopic (exact) mass is 240 g/mol. The van der Waals surface area contributed by atoms with E-state index in [2.05, 4.69) is 43.1 Å². The summed E-state index contributed by atoms with van der Waals surface area (Å²) in [4.78, 5) is 4.10. The molecule has 1 aromatic heterocycles. The predicted octanol–water partition coefficient (Wildman–Crippen LogP) is 3.56. The Balaban J connectivity index is 2.29. The maximum Gasteiger partial charge on any atom is 0.0555 e. The van der Waals surface area contributed by atoms with Crippen LogP contribution in [0.25, 0.3) is 0 Å². The van der Waals surface area contributed by atoms with E-state index in [9.17, 15) is 0 Å². The summed E-state index contributed by atoms with van der Waals surface area (Å²) in [5.74, 6) is 0.554. The summed E-state index contributed by atoms with van der Waals surface area (Å²) in [5.41, 5.74) is 11.1. The molecule has 2 rings (SSSR count). The molecule has 1 aromatic carbocycles. The van der Waals surface area contributed by atoms with Gasteiger partial charge in [-0.15, -0.1) is 0 Å². The van der Waals surface area contributed by atoms with E-state index < -0.39 is 0 Å². The summed E-state index contributed by atoms with van der Waals surface area (Å²) in [7, 11) is 0. The Morgan fingerprint density at radius 1 is 1.00 bits per heavy atom. The molecule has 0 aliphatic carbocycles. The third-order valence-corrected chi connectivity index (χ3v) is 3.36. The topological polar surface area (TPSA) is 38.9 Å². The average molecular weight is 240 g/mol. The lowest BCUT2D eigenvalue weighted by atomic mass is 9.94. The summed E-state index contributed by atoms with van der Waals surface area (Å²) < 4.78 is 0. The van der Waals surface area contributed by atoms with Crippen LogP contribution in [0.4, 0.5) is 0 Å². The van der Waals surface area contributed by atoms with E-state index in [1.807, 2.05) is 19.2 Å². The zero-order chi connectivity index (χ0) is 13.1. The van der Waals surface area contributed by atoms with Crippen molar-refractivity contribution in [3.63, 3.8) is 0 Å². The first kappa shape index (κ1) is 12.8. The van der Waals surface area contributed by atoms with Crippen molar-refractivity contribution in [2.75, 3.05) is 0 Å². The molecule has 0 saturated heterocycles. The SMILES string of the molecule is Cc1cnccc1C(N)c1ccc(C(C)C)cc1. The molecule has 0 spiro atoms. The minimum absolute atomic E-state index is 0.0748. The van der Waals surface area contributed by atoms with Crippen LogP contribution in [0.5, 0.6) is 0 Å². The van der Waals surface area contributed by atoms with E-state index in [1.54, 1.807) is 6.20 Å². The van der Waals surface area contributed by atoms with Gasteiger partial charge in [0.1, 0.15) is 0 Å². The lowest BCUT2D eigenvalue weighted by Crippen LogP contribution is -2.13. The lowest BCUT2D eigenvalue weighted by molar-refractivity contribution is 0.840. The van der Waals surface area contributed by atoms with Gasteiger partial charge in [-0.05, 0) is 41.2 Å². The number of aryl methyl sites for hydroxylation is 1. The molecular weight excluding hydrogens is 220 g/mol. The summed E-state index contributed by atoms with van der Waals surface area (Å²) in [6.45, 7) is 6.44. The summed E-state index contributed by atoms with van der Waals surface area (Å²) in [6, 6.07) is 10.5. The molecule has 0 radical (unpaired) electrons. The van der Waals surface area contributed by atoms with Crippen LogP contribution in [0, 0.1) is 6.92 Å². The Labute approximate surface area is 109 Å². The van der Waals surface area contributed by atoms with Gasteiger partial charge in [0.25, 0.3) is 0 Å². The van der Waals surface area contributed by atoms with Gasteiger partial charge in [0, 0.05) is 12.4 Å². The third kappa shape index (κ3) is 2.59. The van der Waals surface area contributed by atoms with Crippen LogP contribution < -0.4 is 5.73 Å². The van der Waals surface area contributed by atoms with Gasteiger partial charge in [-0.1, -0.05) is 38.1 Å². The first-order valence-electron chi connectivity index (χ1n) is 6.35. The van der Waals surface area contributed by atoms with Crippen molar-refractivity contribution < 1.29 is 0 Å². The van der Waals surface area contributed by atoms with Crippen molar-refractivity contribution in [3.05, 3.63) is 65.0 Å². The highest BCUT2D eigenvalue weighted by molar-refractivity contribution is 5.36. The number of pyridine rings is 1. The van der Waals surface area contributed by atoms with Gasteiger partial charge in [-0.3, -0.25) is 4.98 Å². The van der Waals surface area contributed by atoms with Gasteiger partial charge in [0.15, 0.2) is 0 Å². The zero-order valence-corrected chi connectivity index (χ0v) is 11.2. The number of aromatic nitrogens is 1. The van der Waals surface area contributed by atoms with E-state index in [1.165, 1.54) is 5.56 Å². The highest BCUT2D eigenvalue weighted by Crippen LogP contribution is 2.23. The van der Waals surface area contributed by atoms with E-state index in [0.717, 1.165) is 16.7 Å². The normalized spacial score (nSPS) is 12.7. The van der Waals surface area contributed by atoms with Crippen molar-refractivity contribution in [1.82, 2.24) is 4.98 Å². The molecule has 1 atom stereocenters. The van der Waals surface area contributed by atoms with Crippen LogP contribution in [-0.2, 0) is 0 Å². The molecule has 0 aliphatic heterocycles. The average Bonchev–Trinajstić information content (AvgIpc) is 2.38. The molecule has 2 N–H and O–H groups in total. The fourth-order valence-electron chi connectivity index (χ4n) is 2.10. The van der Waals surface area contributed by atoms with Crippen molar-refractivity contribution in [2.45, 2.75) is 32.7 Å². The van der Waals surface area contributed by atoms with E-state index in [-0.39, 0.29) is 6.04 Å². The quantitative estimate of drug-likeness (QED) is 0.891. The van der Waals surface area contributed by atoms with Gasteiger partial charge in [0.2, 0.25) is 0 Å². The molecule has 94 valence electrons. The van der Waals surface area contributed by atoms with Crippen LogP contribution >= 0.6 is 0 Å². The summed E-state index contributed by atoms with van der Waals surface area (Å²) >= 11 is 0. The third-order valence-electron chi connectivity index (χ3n) is 3.36. The second-order valence-corrected chi connectivity index (χ2v) is 5.03. The van der Waals surface area contributed by atoms with Crippen LogP contribution in [0.15, 0.2) is 42.7 Å². The molecule has 0 amide bonds. The molecular formula is C16H20N2. The number of benzene rings is 1. The molecule has 18 heavy (non-hydrogen) atoms. The van der Waals surface area contributed by atoms with Crippen molar-refractivity contribution in [1.29, 1.82) is 0 Å². The predicted molar refractivity (Wildman–Crippen MR) is 75.5 cm³/mol. The number of nitrogens with two attached hydrogens (primary N) is 1. The Morgan fingerprint density at radius 2 is 1.61 bits per heavy atom. The van der Waals surface area contributed by atoms with Gasteiger partial charge in [0.05, 0.1) is 6.04 Å². The van der Waals surface area contributed by atoms with Gasteiger partial charge in [-0.25, -0.2) is 0 Å². The van der Waals surface area contributed by atoms with Gasteiger partial charge >= 0.3 is 0 Å². The first-order valence-corrected chi connectivity index (χ1v) is 6.35. The van der Waals surface area contributed by atoms with E-state index >= 15 is 0 Å². The molecule has 1 unspecified atom stereocenters. The highest BCUT2D eigenvalue weighted by Gasteiger charge is 2.11. The number of hydrogen-bond donors (Lipinski definition) is 1. The molecule has 0 bridgehead atoms. The second kappa shape index (κ2) is 5.32. The molecule has 0 fully saturated rings.